The first-order chi connectivity index (χ1) is 24.5. The fraction of sp³-hybridized carbons (Fsp3) is 0.929. The van der Waals surface area contributed by atoms with Gasteiger partial charge in [-0.1, -0.05) is 180 Å². The summed E-state index contributed by atoms with van der Waals surface area (Å²) in [4.78, 5) is 23.1. The van der Waals surface area contributed by atoms with Crippen LogP contribution in [0.25, 0.3) is 0 Å². The SMILES string of the molecule is CCCCCCCCCCCCC=CC[C@@H](O)[C@H](COP(=O)(O)OCC[N+](C)(C)C)NC(=O)CCCCCCCCCCCCCCCCCC. The van der Waals surface area contributed by atoms with E-state index in [4.69, 9.17) is 9.05 Å². The average Bonchev–Trinajstić information content (AvgIpc) is 3.07. The molecule has 1 amide bonds. The Bertz CT molecular complexity index is 850. The number of hydrogen-bond acceptors (Lipinski definition) is 5. The molecule has 1 unspecified atom stereocenters. The van der Waals surface area contributed by atoms with Crippen LogP contribution in [0.1, 0.15) is 200 Å². The highest BCUT2D eigenvalue weighted by molar-refractivity contribution is 7.47. The lowest BCUT2D eigenvalue weighted by atomic mass is 10.0. The molecule has 51 heavy (non-hydrogen) atoms. The zero-order chi connectivity index (χ0) is 37.9. The Morgan fingerprint density at radius 2 is 1.06 bits per heavy atom. The van der Waals surface area contributed by atoms with Gasteiger partial charge in [0.25, 0.3) is 0 Å². The second-order valence-electron chi connectivity index (χ2n) is 16.1. The Hall–Kier alpha value is -0.760. The Kier molecular flexibility index (Phi) is 34.5. The summed E-state index contributed by atoms with van der Waals surface area (Å²) in [5.41, 5.74) is 0. The minimum atomic E-state index is -4.32. The van der Waals surface area contributed by atoms with Gasteiger partial charge in [0, 0.05) is 6.42 Å². The molecule has 3 N–H and O–H groups in total. The van der Waals surface area contributed by atoms with Crippen molar-refractivity contribution in [2.75, 3.05) is 40.9 Å². The molecule has 0 aliphatic carbocycles. The number of hydrogen-bond donors (Lipinski definition) is 3. The smallest absolute Gasteiger partial charge is 0.391 e. The van der Waals surface area contributed by atoms with Gasteiger partial charge in [-0.05, 0) is 25.7 Å². The third-order valence-corrected chi connectivity index (χ3v) is 10.8. The number of aliphatic hydroxyl groups excluding tert-OH is 1. The van der Waals surface area contributed by atoms with Gasteiger partial charge >= 0.3 is 7.82 Å². The molecule has 304 valence electrons. The van der Waals surface area contributed by atoms with Gasteiger partial charge in [-0.25, -0.2) is 4.57 Å². The maximum atomic E-state index is 12.8. The van der Waals surface area contributed by atoms with Crippen molar-refractivity contribution in [3.63, 3.8) is 0 Å². The van der Waals surface area contributed by atoms with E-state index in [2.05, 4.69) is 25.2 Å². The summed E-state index contributed by atoms with van der Waals surface area (Å²) < 4.78 is 23.5. The number of nitrogens with one attached hydrogen (secondary N) is 1. The zero-order valence-corrected chi connectivity index (χ0v) is 35.3. The lowest BCUT2D eigenvalue weighted by Gasteiger charge is -2.26. The third kappa shape index (κ3) is 37.4. The third-order valence-electron chi connectivity index (χ3n) is 9.77. The minimum absolute atomic E-state index is 0.0673. The number of phosphoric acid groups is 1. The van der Waals surface area contributed by atoms with Crippen molar-refractivity contribution in [1.82, 2.24) is 5.32 Å². The van der Waals surface area contributed by atoms with E-state index >= 15 is 0 Å². The van der Waals surface area contributed by atoms with Crippen molar-refractivity contribution < 1.29 is 32.9 Å². The fourth-order valence-electron chi connectivity index (χ4n) is 6.27. The predicted molar refractivity (Wildman–Crippen MR) is 217 cm³/mol. The summed E-state index contributed by atoms with van der Waals surface area (Å²) in [6.45, 7) is 4.84. The van der Waals surface area contributed by atoms with E-state index in [9.17, 15) is 19.4 Å². The summed E-state index contributed by atoms with van der Waals surface area (Å²) in [6, 6.07) is -0.803. The predicted octanol–water partition coefficient (Wildman–Crippen LogP) is 11.6. The number of rotatable bonds is 39. The van der Waals surface area contributed by atoms with Crippen molar-refractivity contribution in [1.29, 1.82) is 0 Å². The van der Waals surface area contributed by atoms with E-state index in [-0.39, 0.29) is 19.1 Å². The molecule has 0 fully saturated rings. The molecular weight excluding hydrogens is 659 g/mol. The highest BCUT2D eigenvalue weighted by Crippen LogP contribution is 2.43. The maximum absolute atomic E-state index is 12.8. The lowest BCUT2D eigenvalue weighted by molar-refractivity contribution is -0.870. The van der Waals surface area contributed by atoms with Crippen LogP contribution in [0.2, 0.25) is 0 Å². The number of allylic oxidation sites excluding steroid dienone is 1. The van der Waals surface area contributed by atoms with E-state index in [0.29, 0.717) is 23.9 Å². The molecule has 0 saturated carbocycles. The van der Waals surface area contributed by atoms with Crippen LogP contribution in [0.15, 0.2) is 12.2 Å². The van der Waals surface area contributed by atoms with Crippen LogP contribution in [0.3, 0.4) is 0 Å². The number of unbranched alkanes of at least 4 members (excludes halogenated alkanes) is 25. The monoisotopic (exact) mass is 746 g/mol. The Balaban J connectivity index is 4.41. The molecule has 0 radical (unpaired) electrons. The van der Waals surface area contributed by atoms with Crippen LogP contribution >= 0.6 is 7.82 Å². The van der Waals surface area contributed by atoms with Crippen LogP contribution in [0, 0.1) is 0 Å². The summed E-state index contributed by atoms with van der Waals surface area (Å²) in [6.07, 6.45) is 38.2. The number of amides is 1. The number of likely N-dealkylation sites (N-methyl/N-ethyl adjacent to an activating group) is 1. The molecule has 0 bridgehead atoms. The Morgan fingerprint density at radius 3 is 1.49 bits per heavy atom. The average molecular weight is 746 g/mol. The highest BCUT2D eigenvalue weighted by Gasteiger charge is 2.28. The minimum Gasteiger partial charge on any atom is -0.391 e. The number of carbonyl (C=O) groups is 1. The van der Waals surface area contributed by atoms with Crippen molar-refractivity contribution in [3.05, 3.63) is 12.2 Å². The van der Waals surface area contributed by atoms with Crippen LogP contribution < -0.4 is 5.32 Å². The molecule has 0 rings (SSSR count). The van der Waals surface area contributed by atoms with E-state index in [0.717, 1.165) is 32.1 Å². The first-order valence-electron chi connectivity index (χ1n) is 21.6. The van der Waals surface area contributed by atoms with Crippen LogP contribution in [0.4, 0.5) is 0 Å². The summed E-state index contributed by atoms with van der Waals surface area (Å²) in [5.74, 6) is -0.166. The molecule has 0 spiro atoms. The molecule has 0 aromatic rings. The largest absolute Gasteiger partial charge is 0.472 e. The molecule has 8 nitrogen and oxygen atoms in total. The van der Waals surface area contributed by atoms with E-state index in [1.165, 1.54) is 141 Å². The molecule has 0 aliphatic heterocycles. The van der Waals surface area contributed by atoms with Crippen LogP contribution in [-0.4, -0.2) is 73.4 Å². The van der Waals surface area contributed by atoms with Gasteiger partial charge in [0.15, 0.2) is 0 Å². The van der Waals surface area contributed by atoms with Gasteiger partial charge in [0.05, 0.1) is 39.9 Å². The quantitative estimate of drug-likeness (QED) is 0.0250. The number of carbonyl (C=O) groups excluding carboxylic acids is 1. The van der Waals surface area contributed by atoms with Gasteiger partial charge < -0.3 is 19.8 Å². The van der Waals surface area contributed by atoms with Crippen molar-refractivity contribution in [2.24, 2.45) is 0 Å². The summed E-state index contributed by atoms with van der Waals surface area (Å²) in [5, 5.41) is 13.8. The van der Waals surface area contributed by atoms with Crippen molar-refractivity contribution in [3.8, 4) is 0 Å². The van der Waals surface area contributed by atoms with E-state index in [1.807, 2.05) is 27.2 Å². The fourth-order valence-corrected chi connectivity index (χ4v) is 7.01. The first-order valence-corrected chi connectivity index (χ1v) is 23.0. The standard InChI is InChI=1S/C42H85N2O6P/c1-6-8-10-12-14-16-18-20-21-22-24-26-28-30-32-34-36-42(46)43-40(39-50-51(47,48)49-38-37-44(3,4)5)41(45)35-33-31-29-27-25-23-19-17-15-13-11-9-7-2/h31,33,40-41,45H,6-30,32,34-39H2,1-5H3,(H-,43,46,47,48)/p+1/t40-,41+/m0/s1. The zero-order valence-electron chi connectivity index (χ0n) is 34.4. The molecule has 0 aliphatic rings. The molecule has 0 aromatic carbocycles. The van der Waals surface area contributed by atoms with E-state index < -0.39 is 20.0 Å². The normalized spacial score (nSPS) is 14.6. The van der Waals surface area contributed by atoms with Crippen molar-refractivity contribution in [2.45, 2.75) is 212 Å². The Morgan fingerprint density at radius 1 is 0.647 bits per heavy atom. The highest BCUT2D eigenvalue weighted by atomic mass is 31.2. The second-order valence-corrected chi connectivity index (χ2v) is 17.5. The number of quaternary nitrogens is 1. The van der Waals surface area contributed by atoms with Gasteiger partial charge in [-0.2, -0.15) is 0 Å². The van der Waals surface area contributed by atoms with Gasteiger partial charge in [-0.3, -0.25) is 13.8 Å². The molecule has 0 saturated heterocycles. The molecule has 0 aromatic heterocycles. The lowest BCUT2D eigenvalue weighted by Crippen LogP contribution is -2.46. The molecule has 9 heteroatoms. The maximum Gasteiger partial charge on any atom is 0.472 e. The molecule has 0 heterocycles. The Labute approximate surface area is 316 Å². The number of phosphoric ester groups is 1. The molecular formula is C42H86N2O6P+. The van der Waals surface area contributed by atoms with Crippen molar-refractivity contribution >= 4 is 13.7 Å². The summed E-state index contributed by atoms with van der Waals surface area (Å²) >= 11 is 0. The van der Waals surface area contributed by atoms with Crippen LogP contribution in [-0.2, 0) is 18.4 Å². The molecule has 3 atom stereocenters. The van der Waals surface area contributed by atoms with Crippen LogP contribution in [0.5, 0.6) is 0 Å². The first kappa shape index (κ1) is 50.2. The number of aliphatic hydroxyl groups is 1. The number of nitrogens with zero attached hydrogens (tertiary/aromatic N) is 1. The van der Waals surface area contributed by atoms with Gasteiger partial charge in [0.2, 0.25) is 5.91 Å². The second kappa shape index (κ2) is 35.0. The van der Waals surface area contributed by atoms with Gasteiger partial charge in [-0.15, -0.1) is 0 Å². The topological polar surface area (TPSA) is 105 Å². The van der Waals surface area contributed by atoms with Gasteiger partial charge in [0.1, 0.15) is 13.2 Å². The van der Waals surface area contributed by atoms with E-state index in [1.54, 1.807) is 0 Å². The summed E-state index contributed by atoms with van der Waals surface area (Å²) in [7, 11) is 1.59.